The Kier molecular flexibility index (Phi) is 8.05. The van der Waals surface area contributed by atoms with E-state index in [4.69, 9.17) is 38.8 Å². The van der Waals surface area contributed by atoms with Crippen molar-refractivity contribution in [3.05, 3.63) is 57.6 Å². The number of aromatic nitrogens is 2. The van der Waals surface area contributed by atoms with Gasteiger partial charge < -0.3 is 15.6 Å². The standard InChI is InChI=1S/C15H13Cl2N3O4.ClH/c16-12-4-9(5-13(17)20-12)7-24-15(23)10(18)3-8-1-2-11(14(21)22)19-6-8;/h1-2,4-6,10H,3,7,18H2,(H,21,22);1H/t10-;/m0./s1. The third kappa shape index (κ3) is 6.47. The Balaban J connectivity index is 0.00000312. The minimum Gasteiger partial charge on any atom is -0.477 e. The number of carboxylic acid groups (broad SMARTS) is 1. The van der Waals surface area contributed by atoms with Gasteiger partial charge in [-0.25, -0.2) is 14.8 Å². The molecular weight excluding hydrogens is 393 g/mol. The molecule has 1 atom stereocenters. The van der Waals surface area contributed by atoms with Crippen LogP contribution in [0.1, 0.15) is 21.6 Å². The second kappa shape index (κ2) is 9.53. The number of pyridine rings is 2. The molecule has 0 spiro atoms. The van der Waals surface area contributed by atoms with Crippen LogP contribution in [0, 0.1) is 0 Å². The second-order valence-electron chi connectivity index (χ2n) is 4.90. The number of hydrogen-bond acceptors (Lipinski definition) is 6. The molecule has 0 unspecified atom stereocenters. The quantitative estimate of drug-likeness (QED) is 0.559. The minimum absolute atomic E-state index is 0. The lowest BCUT2D eigenvalue weighted by Crippen LogP contribution is -2.34. The van der Waals surface area contributed by atoms with Gasteiger partial charge in [-0.15, -0.1) is 12.4 Å². The monoisotopic (exact) mass is 405 g/mol. The number of halogens is 3. The average Bonchev–Trinajstić information content (AvgIpc) is 2.52. The molecule has 2 aromatic rings. The number of esters is 1. The largest absolute Gasteiger partial charge is 0.477 e. The highest BCUT2D eigenvalue weighted by Crippen LogP contribution is 2.15. The van der Waals surface area contributed by atoms with E-state index in [2.05, 4.69) is 9.97 Å². The van der Waals surface area contributed by atoms with Crippen molar-refractivity contribution in [2.45, 2.75) is 19.1 Å². The fourth-order valence-corrected chi connectivity index (χ4v) is 2.37. The van der Waals surface area contributed by atoms with E-state index in [0.717, 1.165) is 0 Å². The van der Waals surface area contributed by atoms with E-state index in [-0.39, 0.29) is 41.4 Å². The molecule has 0 radical (unpaired) electrons. The number of aromatic carboxylic acids is 1. The number of rotatable bonds is 6. The topological polar surface area (TPSA) is 115 Å². The zero-order valence-electron chi connectivity index (χ0n) is 12.7. The summed E-state index contributed by atoms with van der Waals surface area (Å²) in [7, 11) is 0. The summed E-state index contributed by atoms with van der Waals surface area (Å²) in [6, 6.07) is 5.04. The Morgan fingerprint density at radius 1 is 1.20 bits per heavy atom. The predicted octanol–water partition coefficient (Wildman–Crippen LogP) is 2.52. The predicted molar refractivity (Wildman–Crippen MR) is 94.2 cm³/mol. The summed E-state index contributed by atoms with van der Waals surface area (Å²) >= 11 is 11.5. The summed E-state index contributed by atoms with van der Waals surface area (Å²) in [5.74, 6) is -1.73. The fourth-order valence-electron chi connectivity index (χ4n) is 1.87. The van der Waals surface area contributed by atoms with Crippen LogP contribution in [0.2, 0.25) is 10.3 Å². The van der Waals surface area contributed by atoms with Crippen LogP contribution in [-0.2, 0) is 22.6 Å². The molecular formula is C15H14Cl3N3O4. The molecule has 2 aromatic heterocycles. The first-order valence-corrected chi connectivity index (χ1v) is 7.53. The molecule has 0 aromatic carbocycles. The summed E-state index contributed by atoms with van der Waals surface area (Å²) in [5, 5.41) is 9.17. The van der Waals surface area contributed by atoms with Gasteiger partial charge in [0.05, 0.1) is 0 Å². The van der Waals surface area contributed by atoms with Crippen LogP contribution in [-0.4, -0.2) is 33.1 Å². The van der Waals surface area contributed by atoms with Gasteiger partial charge in [-0.05, 0) is 35.7 Å². The van der Waals surface area contributed by atoms with Gasteiger partial charge in [0, 0.05) is 6.20 Å². The van der Waals surface area contributed by atoms with Gasteiger partial charge in [0.25, 0.3) is 0 Å². The smallest absolute Gasteiger partial charge is 0.354 e. The maximum absolute atomic E-state index is 11.9. The third-order valence-corrected chi connectivity index (χ3v) is 3.39. The van der Waals surface area contributed by atoms with Crippen molar-refractivity contribution >= 4 is 47.5 Å². The number of nitrogens with zero attached hydrogens (tertiary/aromatic N) is 2. The van der Waals surface area contributed by atoms with E-state index < -0.39 is 18.0 Å². The molecule has 3 N–H and O–H groups in total. The minimum atomic E-state index is -1.13. The van der Waals surface area contributed by atoms with Crippen molar-refractivity contribution in [2.24, 2.45) is 5.73 Å². The molecule has 10 heteroatoms. The molecule has 0 bridgehead atoms. The molecule has 0 aliphatic heterocycles. The summed E-state index contributed by atoms with van der Waals surface area (Å²) in [5.41, 5.74) is 6.92. The van der Waals surface area contributed by atoms with Gasteiger partial charge >= 0.3 is 11.9 Å². The van der Waals surface area contributed by atoms with E-state index in [1.165, 1.54) is 24.4 Å². The summed E-state index contributed by atoms with van der Waals surface area (Å²) in [4.78, 5) is 30.2. The van der Waals surface area contributed by atoms with Gasteiger partial charge in [-0.2, -0.15) is 0 Å². The number of ether oxygens (including phenoxy) is 1. The van der Waals surface area contributed by atoms with Crippen molar-refractivity contribution < 1.29 is 19.4 Å². The lowest BCUT2D eigenvalue weighted by molar-refractivity contribution is -0.146. The number of carboxylic acids is 1. The molecule has 0 amide bonds. The van der Waals surface area contributed by atoms with Crippen LogP contribution >= 0.6 is 35.6 Å². The van der Waals surface area contributed by atoms with Crippen molar-refractivity contribution in [2.75, 3.05) is 0 Å². The first-order valence-electron chi connectivity index (χ1n) is 6.77. The molecule has 7 nitrogen and oxygen atoms in total. The first kappa shape index (κ1) is 21.1. The summed E-state index contributed by atoms with van der Waals surface area (Å²) in [6.07, 6.45) is 1.53. The third-order valence-electron chi connectivity index (χ3n) is 3.01. The zero-order chi connectivity index (χ0) is 17.7. The lowest BCUT2D eigenvalue weighted by atomic mass is 10.1. The van der Waals surface area contributed by atoms with Crippen LogP contribution in [0.4, 0.5) is 0 Å². The van der Waals surface area contributed by atoms with E-state index in [9.17, 15) is 9.59 Å². The summed E-state index contributed by atoms with van der Waals surface area (Å²) < 4.78 is 5.11. The Morgan fingerprint density at radius 3 is 2.36 bits per heavy atom. The zero-order valence-corrected chi connectivity index (χ0v) is 15.0. The number of carbonyl (C=O) groups excluding carboxylic acids is 1. The first-order chi connectivity index (χ1) is 11.3. The van der Waals surface area contributed by atoms with E-state index in [0.29, 0.717) is 11.1 Å². The van der Waals surface area contributed by atoms with Crippen molar-refractivity contribution in [1.29, 1.82) is 0 Å². The summed E-state index contributed by atoms with van der Waals surface area (Å²) in [6.45, 7) is -0.0370. The van der Waals surface area contributed by atoms with Gasteiger partial charge in [-0.3, -0.25) is 4.79 Å². The van der Waals surface area contributed by atoms with Crippen LogP contribution in [0.15, 0.2) is 30.5 Å². The molecule has 0 saturated carbocycles. The normalized spacial score (nSPS) is 11.3. The van der Waals surface area contributed by atoms with Crippen LogP contribution < -0.4 is 5.73 Å². The lowest BCUT2D eigenvalue weighted by Gasteiger charge is -2.12. The van der Waals surface area contributed by atoms with Crippen molar-refractivity contribution in [1.82, 2.24) is 9.97 Å². The maximum atomic E-state index is 11.9. The highest BCUT2D eigenvalue weighted by molar-refractivity contribution is 6.32. The van der Waals surface area contributed by atoms with Crippen LogP contribution in [0.5, 0.6) is 0 Å². The molecule has 0 saturated heterocycles. The number of carbonyl (C=O) groups is 2. The van der Waals surface area contributed by atoms with Crippen LogP contribution in [0.25, 0.3) is 0 Å². The Hall–Kier alpha value is -1.93. The van der Waals surface area contributed by atoms with Gasteiger partial charge in [0.15, 0.2) is 0 Å². The van der Waals surface area contributed by atoms with Crippen LogP contribution in [0.3, 0.4) is 0 Å². The molecule has 0 fully saturated rings. The van der Waals surface area contributed by atoms with Gasteiger partial charge in [-0.1, -0.05) is 29.3 Å². The Labute approximate surface area is 159 Å². The SMILES string of the molecule is Cl.N[C@@H](Cc1ccc(C(=O)O)nc1)C(=O)OCc1cc(Cl)nc(Cl)c1. The molecule has 2 heterocycles. The molecule has 0 aliphatic rings. The fraction of sp³-hybridized carbons (Fsp3) is 0.200. The van der Waals surface area contributed by atoms with Crippen molar-refractivity contribution in [3.8, 4) is 0 Å². The van der Waals surface area contributed by atoms with E-state index in [1.807, 2.05) is 0 Å². The number of nitrogens with two attached hydrogens (primary N) is 1. The Morgan fingerprint density at radius 2 is 1.84 bits per heavy atom. The molecule has 2 rings (SSSR count). The van der Waals surface area contributed by atoms with E-state index in [1.54, 1.807) is 6.07 Å². The number of hydrogen-bond donors (Lipinski definition) is 2. The molecule has 134 valence electrons. The van der Waals surface area contributed by atoms with Crippen molar-refractivity contribution in [3.63, 3.8) is 0 Å². The van der Waals surface area contributed by atoms with Gasteiger partial charge in [0.1, 0.15) is 28.6 Å². The van der Waals surface area contributed by atoms with Gasteiger partial charge in [0.2, 0.25) is 0 Å². The average molecular weight is 407 g/mol. The van der Waals surface area contributed by atoms with E-state index >= 15 is 0 Å². The maximum Gasteiger partial charge on any atom is 0.354 e. The Bertz CT molecular complexity index is 736. The molecule has 25 heavy (non-hydrogen) atoms. The molecule has 0 aliphatic carbocycles. The second-order valence-corrected chi connectivity index (χ2v) is 5.67. The highest BCUT2D eigenvalue weighted by Gasteiger charge is 2.17. The highest BCUT2D eigenvalue weighted by atomic mass is 35.5.